The molecule has 1 heterocycles. The van der Waals surface area contributed by atoms with Crippen molar-refractivity contribution in [2.24, 2.45) is 0 Å². The van der Waals surface area contributed by atoms with E-state index >= 15 is 0 Å². The first-order valence-corrected chi connectivity index (χ1v) is 7.83. The van der Waals surface area contributed by atoms with Gasteiger partial charge in [0.2, 0.25) is 0 Å². The molecule has 0 amide bonds. The number of fused-ring (bicyclic) bond motifs is 1. The van der Waals surface area contributed by atoms with Crippen LogP contribution < -0.4 is 0 Å². The Bertz CT molecular complexity index is 706. The number of halogens is 1. The van der Waals surface area contributed by atoms with Crippen molar-refractivity contribution in [1.29, 1.82) is 5.26 Å². The Labute approximate surface area is 130 Å². The number of hydrogen-bond acceptors (Lipinski definition) is 2. The molecule has 0 atom stereocenters. The molecule has 1 aromatic heterocycles. The van der Waals surface area contributed by atoms with Crippen LogP contribution >= 0.6 is 0 Å². The molecule has 116 valence electrons. The summed E-state index contributed by atoms with van der Waals surface area (Å²) in [5.41, 5.74) is 1.71. The third kappa shape index (κ3) is 3.36. The van der Waals surface area contributed by atoms with Crippen molar-refractivity contribution in [3.05, 3.63) is 35.3 Å². The van der Waals surface area contributed by atoms with E-state index in [0.29, 0.717) is 11.2 Å². The third-order valence-corrected chi connectivity index (χ3v) is 3.99. The quantitative estimate of drug-likeness (QED) is 0.724. The summed E-state index contributed by atoms with van der Waals surface area (Å²) in [6.07, 6.45) is 3.78. The lowest BCUT2D eigenvalue weighted by Gasteiger charge is -2.16. The molecular formula is C18H21FN2O. The number of nitrogens with one attached hydrogen (secondary N) is 1. The molecule has 0 aliphatic heterocycles. The number of benzene rings is 1. The summed E-state index contributed by atoms with van der Waals surface area (Å²) >= 11 is 0. The van der Waals surface area contributed by atoms with Gasteiger partial charge in [-0.3, -0.25) is 4.79 Å². The highest BCUT2D eigenvalue weighted by Gasteiger charge is 2.17. The van der Waals surface area contributed by atoms with E-state index in [1.165, 1.54) is 6.07 Å². The minimum absolute atomic E-state index is 0.170. The Balaban J connectivity index is 2.43. The van der Waals surface area contributed by atoms with Gasteiger partial charge in [-0.2, -0.15) is 5.26 Å². The summed E-state index contributed by atoms with van der Waals surface area (Å²) in [6.45, 7) is 4.21. The second kappa shape index (κ2) is 7.22. The summed E-state index contributed by atoms with van der Waals surface area (Å²) in [6, 6.07) is 6.87. The fraction of sp³-hybridized carbons (Fsp3) is 0.444. The summed E-state index contributed by atoms with van der Waals surface area (Å²) in [5, 5.41) is 9.44. The number of H-pyrrole nitrogens is 1. The van der Waals surface area contributed by atoms with E-state index in [1.54, 1.807) is 6.07 Å². The normalized spacial score (nSPS) is 11.0. The van der Waals surface area contributed by atoms with Crippen molar-refractivity contribution in [3.63, 3.8) is 0 Å². The molecule has 1 aromatic carbocycles. The number of ketones is 1. The van der Waals surface area contributed by atoms with Crippen molar-refractivity contribution in [3.8, 4) is 6.07 Å². The molecule has 0 aliphatic carbocycles. The van der Waals surface area contributed by atoms with Gasteiger partial charge >= 0.3 is 0 Å². The lowest BCUT2D eigenvalue weighted by atomic mass is 9.89. The van der Waals surface area contributed by atoms with Crippen molar-refractivity contribution < 1.29 is 9.18 Å². The van der Waals surface area contributed by atoms with Crippen molar-refractivity contribution in [2.45, 2.75) is 51.9 Å². The van der Waals surface area contributed by atoms with E-state index in [-0.39, 0.29) is 23.9 Å². The number of nitriles is 1. The van der Waals surface area contributed by atoms with Crippen LogP contribution in [0.3, 0.4) is 0 Å². The smallest absolute Gasteiger partial charge is 0.193 e. The molecule has 0 unspecified atom stereocenters. The first kappa shape index (κ1) is 16.2. The second-order valence-electron chi connectivity index (χ2n) is 5.68. The van der Waals surface area contributed by atoms with Crippen LogP contribution in [0.25, 0.3) is 10.9 Å². The van der Waals surface area contributed by atoms with Gasteiger partial charge in [-0.1, -0.05) is 26.7 Å². The zero-order valence-electron chi connectivity index (χ0n) is 13.1. The fourth-order valence-electron chi connectivity index (χ4n) is 2.95. The van der Waals surface area contributed by atoms with Crippen LogP contribution in [0, 0.1) is 17.1 Å². The highest BCUT2D eigenvalue weighted by molar-refractivity contribution is 6.00. The molecular weight excluding hydrogens is 279 g/mol. The number of carbonyl (C=O) groups excluding carboxylic acids is 1. The van der Waals surface area contributed by atoms with Crippen molar-refractivity contribution in [2.75, 3.05) is 0 Å². The van der Waals surface area contributed by atoms with E-state index in [9.17, 15) is 9.18 Å². The molecule has 0 bridgehead atoms. The molecule has 22 heavy (non-hydrogen) atoms. The molecule has 1 N–H and O–H groups in total. The molecule has 4 heteroatoms. The average Bonchev–Trinajstić information content (AvgIpc) is 2.89. The van der Waals surface area contributed by atoms with Crippen LogP contribution in [0.2, 0.25) is 0 Å². The third-order valence-electron chi connectivity index (χ3n) is 3.99. The van der Waals surface area contributed by atoms with Gasteiger partial charge < -0.3 is 4.98 Å². The minimum Gasteiger partial charge on any atom is -0.352 e. The molecule has 0 saturated carbocycles. The maximum atomic E-state index is 14.4. The number of Topliss-reactive ketones (excluding diaryl/α,β-unsaturated/α-hetero) is 1. The molecule has 0 saturated heterocycles. The van der Waals surface area contributed by atoms with Crippen LogP contribution in [0.15, 0.2) is 18.2 Å². The Morgan fingerprint density at radius 2 is 1.95 bits per heavy atom. The second-order valence-corrected chi connectivity index (χ2v) is 5.68. The van der Waals surface area contributed by atoms with Gasteiger partial charge in [-0.05, 0) is 42.5 Å². The Morgan fingerprint density at radius 1 is 1.27 bits per heavy atom. The van der Waals surface area contributed by atoms with Crippen LogP contribution in [0.1, 0.15) is 67.9 Å². The van der Waals surface area contributed by atoms with Crippen molar-refractivity contribution in [1.82, 2.24) is 4.98 Å². The van der Waals surface area contributed by atoms with Gasteiger partial charge in [0.05, 0.1) is 11.8 Å². The standard InChI is InChI=1S/C18H21FN2O/c1-3-5-12(6-4-2)14-9-13-10-17(18(22)7-8-20)21-16(13)11-15(14)19/h9-12,21H,3-7H2,1-2H3. The number of hydrogen-bond donors (Lipinski definition) is 1. The summed E-state index contributed by atoms with van der Waals surface area (Å²) in [4.78, 5) is 14.7. The lowest BCUT2D eigenvalue weighted by molar-refractivity contribution is 0.0994. The SMILES string of the molecule is CCCC(CCC)c1cc2cc(C(=O)CC#N)[nH]c2cc1F. The summed E-state index contributed by atoms with van der Waals surface area (Å²) < 4.78 is 14.4. The van der Waals surface area contributed by atoms with Gasteiger partial charge in [0, 0.05) is 10.9 Å². The minimum atomic E-state index is -0.265. The van der Waals surface area contributed by atoms with Crippen molar-refractivity contribution >= 4 is 16.7 Å². The maximum absolute atomic E-state index is 14.4. The van der Waals surface area contributed by atoms with Gasteiger partial charge in [0.25, 0.3) is 0 Å². The number of carbonyl (C=O) groups is 1. The fourth-order valence-corrected chi connectivity index (χ4v) is 2.95. The highest BCUT2D eigenvalue weighted by Crippen LogP contribution is 2.31. The van der Waals surface area contributed by atoms with Gasteiger partial charge in [0.1, 0.15) is 12.2 Å². The summed E-state index contributed by atoms with van der Waals surface area (Å²) in [5.74, 6) is -0.271. The molecule has 0 fully saturated rings. The molecule has 0 spiro atoms. The maximum Gasteiger partial charge on any atom is 0.193 e. The van der Waals surface area contributed by atoms with Crippen LogP contribution in [-0.2, 0) is 0 Å². The average molecular weight is 300 g/mol. The number of aromatic nitrogens is 1. The largest absolute Gasteiger partial charge is 0.352 e. The zero-order valence-corrected chi connectivity index (χ0v) is 13.1. The Kier molecular flexibility index (Phi) is 5.32. The number of nitrogens with zero attached hydrogens (tertiary/aromatic N) is 1. The van der Waals surface area contributed by atoms with Gasteiger partial charge in [-0.15, -0.1) is 0 Å². The van der Waals surface area contributed by atoms with Gasteiger partial charge in [0.15, 0.2) is 5.78 Å². The molecule has 0 aliphatic rings. The lowest BCUT2D eigenvalue weighted by Crippen LogP contribution is -2.01. The molecule has 2 rings (SSSR count). The summed E-state index contributed by atoms with van der Waals surface area (Å²) in [7, 11) is 0. The van der Waals surface area contributed by atoms with E-state index in [0.717, 1.165) is 36.6 Å². The predicted octanol–water partition coefficient (Wildman–Crippen LogP) is 5.09. The molecule has 3 nitrogen and oxygen atoms in total. The molecule has 0 radical (unpaired) electrons. The highest BCUT2D eigenvalue weighted by atomic mass is 19.1. The molecule has 2 aromatic rings. The van der Waals surface area contributed by atoms with Crippen LogP contribution in [0.4, 0.5) is 4.39 Å². The first-order valence-electron chi connectivity index (χ1n) is 7.83. The monoisotopic (exact) mass is 300 g/mol. The van der Waals surface area contributed by atoms with E-state index in [2.05, 4.69) is 18.8 Å². The Morgan fingerprint density at radius 3 is 2.55 bits per heavy atom. The zero-order chi connectivity index (χ0) is 16.1. The van der Waals surface area contributed by atoms with E-state index in [1.807, 2.05) is 12.1 Å². The van der Waals surface area contributed by atoms with E-state index in [4.69, 9.17) is 5.26 Å². The van der Waals surface area contributed by atoms with Crippen LogP contribution in [0.5, 0.6) is 0 Å². The van der Waals surface area contributed by atoms with Crippen LogP contribution in [-0.4, -0.2) is 10.8 Å². The Hall–Kier alpha value is -2.15. The van der Waals surface area contributed by atoms with E-state index < -0.39 is 0 Å². The predicted molar refractivity (Wildman–Crippen MR) is 85.4 cm³/mol. The topological polar surface area (TPSA) is 56.6 Å². The first-order chi connectivity index (χ1) is 10.6. The van der Waals surface area contributed by atoms with Gasteiger partial charge in [-0.25, -0.2) is 4.39 Å². The number of rotatable bonds is 7. The number of aromatic amines is 1.